The van der Waals surface area contributed by atoms with Gasteiger partial charge in [0.05, 0.1) is 43.6 Å². The molecule has 2 aromatic carbocycles. The lowest BCUT2D eigenvalue weighted by molar-refractivity contribution is -0.124. The average Bonchev–Trinajstić information content (AvgIpc) is 3.67. The van der Waals surface area contributed by atoms with E-state index in [-0.39, 0.29) is 28.7 Å². The van der Waals surface area contributed by atoms with Gasteiger partial charge in [-0.15, -0.1) is 0 Å². The van der Waals surface area contributed by atoms with Crippen LogP contribution in [0.5, 0.6) is 0 Å². The number of benzene rings is 2. The Labute approximate surface area is 234 Å². The molecule has 1 saturated carbocycles. The smallest absolute Gasteiger partial charge is 0.238 e. The Morgan fingerprint density at radius 1 is 1.18 bits per heavy atom. The van der Waals surface area contributed by atoms with E-state index < -0.39 is 11.9 Å². The molecular weight excluding hydrogens is 507 g/mol. The summed E-state index contributed by atoms with van der Waals surface area (Å²) in [5, 5.41) is 15.9. The molecule has 3 saturated heterocycles. The minimum absolute atomic E-state index is 0.210. The molecule has 1 aliphatic carbocycles. The van der Waals surface area contributed by atoms with Crippen molar-refractivity contribution < 1.29 is 18.7 Å². The Morgan fingerprint density at radius 2 is 1.95 bits per heavy atom. The third-order valence-corrected chi connectivity index (χ3v) is 9.90. The van der Waals surface area contributed by atoms with Crippen LogP contribution in [-0.4, -0.2) is 61.3 Å². The zero-order valence-corrected chi connectivity index (χ0v) is 22.6. The highest BCUT2D eigenvalue weighted by atomic mass is 19.1. The van der Waals surface area contributed by atoms with Crippen LogP contribution in [0, 0.1) is 23.1 Å². The number of nitriles is 1. The molecule has 0 unspecified atom stereocenters. The first-order chi connectivity index (χ1) is 19.4. The van der Waals surface area contributed by atoms with Crippen molar-refractivity contribution in [2.24, 2.45) is 5.92 Å². The summed E-state index contributed by atoms with van der Waals surface area (Å²) >= 11 is 0. The van der Waals surface area contributed by atoms with Gasteiger partial charge in [-0.05, 0) is 78.0 Å². The molecule has 1 spiro atoms. The first-order valence-electron chi connectivity index (χ1n) is 14.5. The fourth-order valence-electron chi connectivity index (χ4n) is 7.39. The van der Waals surface area contributed by atoms with Gasteiger partial charge in [0, 0.05) is 24.7 Å². The number of ether oxygens (including phenoxy) is 2. The number of piperidine rings is 2. The van der Waals surface area contributed by atoms with E-state index in [1.807, 2.05) is 12.1 Å². The number of amides is 1. The number of hydrogen-bond donors (Lipinski definition) is 2. The van der Waals surface area contributed by atoms with E-state index in [2.05, 4.69) is 40.3 Å². The van der Waals surface area contributed by atoms with Crippen LogP contribution in [0.25, 0.3) is 16.7 Å². The Kier molecular flexibility index (Phi) is 6.51. The number of likely N-dealkylation sites (tertiary alicyclic amines) is 1. The topological polar surface area (TPSA) is 86.6 Å². The van der Waals surface area contributed by atoms with Crippen LogP contribution in [0.2, 0.25) is 0 Å². The number of hydrogen-bond acceptors (Lipinski definition) is 6. The molecular formula is C32H35FN4O3. The lowest BCUT2D eigenvalue weighted by Crippen LogP contribution is -2.54. The van der Waals surface area contributed by atoms with Gasteiger partial charge >= 0.3 is 0 Å². The van der Waals surface area contributed by atoms with Crippen molar-refractivity contribution in [3.8, 4) is 17.2 Å². The van der Waals surface area contributed by atoms with Gasteiger partial charge in [0.1, 0.15) is 11.9 Å². The van der Waals surface area contributed by atoms with E-state index in [1.54, 1.807) is 6.07 Å². The first-order valence-corrected chi connectivity index (χ1v) is 14.5. The molecule has 2 bridgehead atoms. The van der Waals surface area contributed by atoms with Gasteiger partial charge in [0.25, 0.3) is 0 Å². The number of nitrogens with one attached hydrogen (secondary N) is 2. The SMILES string of the molecule is C=C(c1ccc(-c2ccc3c(c2)C2(CCN(C4COC4)CC2)OC3)cc1F)[C@@H](C#N)NC(=O)[C@H]1N[C@@H]2CC[C@H]1C2. The summed E-state index contributed by atoms with van der Waals surface area (Å²) in [4.78, 5) is 15.4. The number of fused-ring (bicyclic) bond motifs is 4. The van der Waals surface area contributed by atoms with Gasteiger partial charge < -0.3 is 20.1 Å². The summed E-state index contributed by atoms with van der Waals surface area (Å²) in [5.41, 5.74) is 4.31. The minimum atomic E-state index is -0.997. The Morgan fingerprint density at radius 3 is 2.60 bits per heavy atom. The molecule has 7 rings (SSSR count). The van der Waals surface area contributed by atoms with E-state index >= 15 is 4.39 Å². The highest BCUT2D eigenvalue weighted by Gasteiger charge is 2.45. The maximum atomic E-state index is 15.5. The van der Waals surface area contributed by atoms with Crippen LogP contribution < -0.4 is 10.6 Å². The van der Waals surface area contributed by atoms with Gasteiger partial charge in [0.2, 0.25) is 5.91 Å². The van der Waals surface area contributed by atoms with Crippen molar-refractivity contribution in [3.63, 3.8) is 0 Å². The second-order valence-corrected chi connectivity index (χ2v) is 12.1. The highest BCUT2D eigenvalue weighted by molar-refractivity contribution is 5.86. The second-order valence-electron chi connectivity index (χ2n) is 12.1. The predicted molar refractivity (Wildman–Crippen MR) is 148 cm³/mol. The maximum absolute atomic E-state index is 15.5. The summed E-state index contributed by atoms with van der Waals surface area (Å²) in [7, 11) is 0. The Bertz CT molecular complexity index is 1390. The van der Waals surface area contributed by atoms with Crippen LogP contribution in [0.1, 0.15) is 48.8 Å². The molecule has 8 heteroatoms. The standard InChI is InChI=1S/C32H35FN4O3/c1-19(29(15-34)36-31(38)30-22-4-6-24(12-22)35-30)26-7-5-21(14-28(26)33)20-2-3-23-16-40-32(27(23)13-20)8-10-37(11-9-32)25-17-39-18-25/h2-3,5,7,13-14,22,24-25,29-30,35H,1,4,6,8-12,16-18H2,(H,36,38)/t22-,24+,29+,30-/m0/s1. The van der Waals surface area contributed by atoms with Crippen molar-refractivity contribution in [2.45, 2.75) is 68.5 Å². The second kappa shape index (κ2) is 10.1. The van der Waals surface area contributed by atoms with Gasteiger partial charge in [-0.3, -0.25) is 9.69 Å². The van der Waals surface area contributed by atoms with Gasteiger partial charge in [0.15, 0.2) is 0 Å². The summed E-state index contributed by atoms with van der Waals surface area (Å²) in [5.74, 6) is -0.369. The van der Waals surface area contributed by atoms with Crippen molar-refractivity contribution >= 4 is 11.5 Å². The molecule has 7 nitrogen and oxygen atoms in total. The van der Waals surface area contributed by atoms with Crippen molar-refractivity contribution in [1.29, 1.82) is 5.26 Å². The van der Waals surface area contributed by atoms with Crippen LogP contribution in [0.3, 0.4) is 0 Å². The van der Waals surface area contributed by atoms with Crippen LogP contribution in [0.4, 0.5) is 4.39 Å². The summed E-state index contributed by atoms with van der Waals surface area (Å²) in [6.45, 7) is 8.21. The molecule has 40 heavy (non-hydrogen) atoms. The molecule has 5 aliphatic rings. The van der Waals surface area contributed by atoms with E-state index in [9.17, 15) is 10.1 Å². The van der Waals surface area contributed by atoms with Crippen LogP contribution in [-0.2, 0) is 26.5 Å². The van der Waals surface area contributed by atoms with Crippen LogP contribution in [0.15, 0.2) is 43.0 Å². The number of carbonyl (C=O) groups is 1. The fourth-order valence-corrected chi connectivity index (χ4v) is 7.39. The normalized spacial score (nSPS) is 27.6. The van der Waals surface area contributed by atoms with Crippen molar-refractivity contribution in [1.82, 2.24) is 15.5 Å². The van der Waals surface area contributed by atoms with E-state index in [0.29, 0.717) is 24.6 Å². The molecule has 2 N–H and O–H groups in total. The average molecular weight is 543 g/mol. The fraction of sp³-hybridized carbons (Fsp3) is 0.500. The molecule has 4 atom stereocenters. The lowest BCUT2D eigenvalue weighted by atomic mass is 9.82. The zero-order chi connectivity index (χ0) is 27.4. The summed E-state index contributed by atoms with van der Waals surface area (Å²) in [6, 6.07) is 13.0. The van der Waals surface area contributed by atoms with Gasteiger partial charge in [-0.2, -0.15) is 5.26 Å². The van der Waals surface area contributed by atoms with Crippen LogP contribution >= 0.6 is 0 Å². The number of nitrogens with zero attached hydrogens (tertiary/aromatic N) is 2. The van der Waals surface area contributed by atoms with E-state index in [0.717, 1.165) is 69.5 Å². The van der Waals surface area contributed by atoms with Gasteiger partial charge in [-0.1, -0.05) is 30.8 Å². The van der Waals surface area contributed by atoms with Crippen molar-refractivity contribution in [2.75, 3.05) is 26.3 Å². The number of rotatable bonds is 6. The maximum Gasteiger partial charge on any atom is 0.238 e. The monoisotopic (exact) mass is 542 g/mol. The van der Waals surface area contributed by atoms with Crippen molar-refractivity contribution in [3.05, 3.63) is 65.5 Å². The molecule has 4 heterocycles. The Balaban J connectivity index is 1.07. The van der Waals surface area contributed by atoms with E-state index in [4.69, 9.17) is 9.47 Å². The number of halogens is 1. The van der Waals surface area contributed by atoms with E-state index in [1.165, 1.54) is 17.2 Å². The molecule has 2 aromatic rings. The predicted octanol–water partition coefficient (Wildman–Crippen LogP) is 3.87. The lowest BCUT2D eigenvalue weighted by Gasteiger charge is -2.45. The molecule has 1 amide bonds. The molecule has 4 fully saturated rings. The zero-order valence-electron chi connectivity index (χ0n) is 22.6. The molecule has 208 valence electrons. The highest BCUT2D eigenvalue weighted by Crippen LogP contribution is 2.46. The number of carbonyl (C=O) groups excluding carboxylic acids is 1. The quantitative estimate of drug-likeness (QED) is 0.577. The minimum Gasteiger partial charge on any atom is -0.378 e. The molecule has 0 aromatic heterocycles. The van der Waals surface area contributed by atoms with Gasteiger partial charge in [-0.25, -0.2) is 4.39 Å². The third-order valence-electron chi connectivity index (χ3n) is 9.90. The summed E-state index contributed by atoms with van der Waals surface area (Å²) in [6.07, 6.45) is 4.98. The third kappa shape index (κ3) is 4.36. The molecule has 4 aliphatic heterocycles. The molecule has 0 radical (unpaired) electrons. The first kappa shape index (κ1) is 25.8. The Hall–Kier alpha value is -3.09. The largest absolute Gasteiger partial charge is 0.378 e. The summed E-state index contributed by atoms with van der Waals surface area (Å²) < 4.78 is 27.3.